The molecular formula is C22H27F6N3O7. The Bertz CT molecular complexity index is 918. The van der Waals surface area contributed by atoms with E-state index < -0.39 is 24.3 Å². The third-order valence-electron chi connectivity index (χ3n) is 6.06. The fourth-order valence-electron chi connectivity index (χ4n) is 4.30. The van der Waals surface area contributed by atoms with Gasteiger partial charge in [0.1, 0.15) is 0 Å². The predicted molar refractivity (Wildman–Crippen MR) is 116 cm³/mol. The molecule has 3 aliphatic heterocycles. The first-order chi connectivity index (χ1) is 17.7. The Morgan fingerprint density at radius 2 is 1.47 bits per heavy atom. The summed E-state index contributed by atoms with van der Waals surface area (Å²) in [5.74, 6) is -5.24. The van der Waals surface area contributed by atoms with Crippen LogP contribution >= 0.6 is 0 Å². The van der Waals surface area contributed by atoms with Crippen LogP contribution in [0.5, 0.6) is 0 Å². The number of likely N-dealkylation sites (tertiary alicyclic amines) is 1. The topological polar surface area (TPSA) is 130 Å². The number of aromatic nitrogens is 1. The Morgan fingerprint density at radius 1 is 0.947 bits per heavy atom. The molecule has 0 spiro atoms. The number of hydrogen-bond donors (Lipinski definition) is 2. The molecule has 3 saturated heterocycles. The molecule has 4 rings (SSSR count). The van der Waals surface area contributed by atoms with Crippen molar-refractivity contribution in [2.24, 2.45) is 5.41 Å². The molecule has 0 aromatic carbocycles. The minimum atomic E-state index is -5.08. The van der Waals surface area contributed by atoms with Crippen molar-refractivity contribution in [3.63, 3.8) is 0 Å². The molecule has 4 heterocycles. The maximum Gasteiger partial charge on any atom is 0.490 e. The van der Waals surface area contributed by atoms with E-state index in [0.29, 0.717) is 32.9 Å². The largest absolute Gasteiger partial charge is 0.490 e. The van der Waals surface area contributed by atoms with E-state index in [1.165, 1.54) is 5.56 Å². The molecule has 10 nitrogen and oxygen atoms in total. The standard InChI is InChI=1S/C18H25N3O3.2C2HF3O2/c22-17(21-8-11-23-12-9-21)18-4-10-24-16(18)3-7-20(14-18)13-15-1-5-19-6-2-15;2*3-2(4,5)1(6)7/h1-2,5-6,16H,3-4,7-14H2;2*(H,6,7)/t16-,18-;;/m1../s1. The second-order valence-electron chi connectivity index (χ2n) is 8.63. The van der Waals surface area contributed by atoms with Crippen LogP contribution in [0, 0.1) is 5.41 Å². The fourth-order valence-corrected chi connectivity index (χ4v) is 4.30. The molecule has 38 heavy (non-hydrogen) atoms. The summed E-state index contributed by atoms with van der Waals surface area (Å²) in [4.78, 5) is 39.6. The number of morpholine rings is 1. The van der Waals surface area contributed by atoms with Gasteiger partial charge in [-0.1, -0.05) is 0 Å². The fraction of sp³-hybridized carbons (Fsp3) is 0.636. The number of piperidine rings is 1. The van der Waals surface area contributed by atoms with Crippen LogP contribution in [-0.2, 0) is 30.4 Å². The van der Waals surface area contributed by atoms with E-state index >= 15 is 0 Å². The van der Waals surface area contributed by atoms with Gasteiger partial charge in [0.05, 0.1) is 24.7 Å². The van der Waals surface area contributed by atoms with Crippen LogP contribution in [0.2, 0.25) is 0 Å². The molecule has 16 heteroatoms. The summed E-state index contributed by atoms with van der Waals surface area (Å²) in [6.07, 6.45) is -4.67. The molecule has 0 saturated carbocycles. The molecule has 0 radical (unpaired) electrons. The summed E-state index contributed by atoms with van der Waals surface area (Å²) in [6.45, 7) is 6.04. The minimum Gasteiger partial charge on any atom is -0.475 e. The van der Waals surface area contributed by atoms with Gasteiger partial charge in [0.2, 0.25) is 5.91 Å². The van der Waals surface area contributed by atoms with Crippen molar-refractivity contribution < 1.29 is 60.4 Å². The van der Waals surface area contributed by atoms with Crippen molar-refractivity contribution in [2.45, 2.75) is 37.8 Å². The summed E-state index contributed by atoms with van der Waals surface area (Å²) < 4.78 is 74.8. The first-order valence-electron chi connectivity index (χ1n) is 11.4. The number of pyridine rings is 1. The van der Waals surface area contributed by atoms with Gasteiger partial charge >= 0.3 is 24.3 Å². The van der Waals surface area contributed by atoms with Crippen LogP contribution < -0.4 is 0 Å². The van der Waals surface area contributed by atoms with Gasteiger partial charge in [0, 0.05) is 51.7 Å². The lowest BCUT2D eigenvalue weighted by molar-refractivity contribution is -0.193. The maximum absolute atomic E-state index is 13.3. The number of carboxylic acids is 2. The quantitative estimate of drug-likeness (QED) is 0.536. The lowest BCUT2D eigenvalue weighted by Gasteiger charge is -2.45. The van der Waals surface area contributed by atoms with Crippen molar-refractivity contribution >= 4 is 17.8 Å². The van der Waals surface area contributed by atoms with Gasteiger partial charge in [-0.25, -0.2) is 9.59 Å². The number of nitrogens with zero attached hydrogens (tertiary/aromatic N) is 3. The van der Waals surface area contributed by atoms with Crippen LogP contribution in [0.15, 0.2) is 24.5 Å². The molecular weight excluding hydrogens is 532 g/mol. The lowest BCUT2D eigenvalue weighted by atomic mass is 9.75. The molecule has 0 unspecified atom stereocenters. The van der Waals surface area contributed by atoms with Gasteiger partial charge in [0.15, 0.2) is 0 Å². The number of rotatable bonds is 3. The van der Waals surface area contributed by atoms with E-state index in [4.69, 9.17) is 29.3 Å². The SMILES string of the molecule is O=C(N1CCOCC1)[C@@]12CCO[C@@H]1CCN(Cc1ccncc1)C2.O=C(O)C(F)(F)F.O=C(O)C(F)(F)F. The first kappa shape index (κ1) is 31.2. The molecule has 2 N–H and O–H groups in total. The lowest BCUT2D eigenvalue weighted by Crippen LogP contribution is -2.59. The van der Waals surface area contributed by atoms with Crippen LogP contribution in [0.3, 0.4) is 0 Å². The zero-order valence-corrected chi connectivity index (χ0v) is 20.0. The highest BCUT2D eigenvalue weighted by molar-refractivity contribution is 5.84. The zero-order valence-electron chi connectivity index (χ0n) is 20.0. The highest BCUT2D eigenvalue weighted by Gasteiger charge is 2.54. The van der Waals surface area contributed by atoms with Crippen LogP contribution in [0.4, 0.5) is 26.3 Å². The molecule has 1 amide bonds. The Hall–Kier alpha value is -2.98. The molecule has 0 bridgehead atoms. The highest BCUT2D eigenvalue weighted by Crippen LogP contribution is 2.43. The number of aliphatic carboxylic acids is 2. The maximum atomic E-state index is 13.3. The van der Waals surface area contributed by atoms with Gasteiger partial charge in [-0.05, 0) is 30.5 Å². The number of hydrogen-bond acceptors (Lipinski definition) is 7. The van der Waals surface area contributed by atoms with Crippen LogP contribution in [0.25, 0.3) is 0 Å². The summed E-state index contributed by atoms with van der Waals surface area (Å²) in [7, 11) is 0. The number of carboxylic acid groups (broad SMARTS) is 2. The number of alkyl halides is 6. The van der Waals surface area contributed by atoms with Gasteiger partial charge in [-0.2, -0.15) is 26.3 Å². The van der Waals surface area contributed by atoms with Gasteiger partial charge < -0.3 is 24.6 Å². The third-order valence-corrected chi connectivity index (χ3v) is 6.06. The molecule has 3 aliphatic rings. The summed E-state index contributed by atoms with van der Waals surface area (Å²) in [5.41, 5.74) is 0.874. The number of carbonyl (C=O) groups excluding carboxylic acids is 1. The average Bonchev–Trinajstić information content (AvgIpc) is 3.29. The van der Waals surface area contributed by atoms with Gasteiger partial charge in [-0.15, -0.1) is 0 Å². The second kappa shape index (κ2) is 13.2. The van der Waals surface area contributed by atoms with E-state index in [1.807, 2.05) is 29.4 Å². The Morgan fingerprint density at radius 3 is 1.97 bits per heavy atom. The van der Waals surface area contributed by atoms with E-state index in [1.54, 1.807) is 0 Å². The van der Waals surface area contributed by atoms with Crippen molar-refractivity contribution in [1.82, 2.24) is 14.8 Å². The second-order valence-corrected chi connectivity index (χ2v) is 8.63. The van der Waals surface area contributed by atoms with E-state index in [9.17, 15) is 31.1 Å². The Balaban J connectivity index is 0.000000301. The summed E-state index contributed by atoms with van der Waals surface area (Å²) in [6, 6.07) is 4.10. The van der Waals surface area contributed by atoms with Gasteiger partial charge in [0.25, 0.3) is 0 Å². The van der Waals surface area contributed by atoms with E-state index in [0.717, 1.165) is 32.5 Å². The molecule has 2 atom stereocenters. The van der Waals surface area contributed by atoms with Crippen molar-refractivity contribution in [3.8, 4) is 0 Å². The van der Waals surface area contributed by atoms with Crippen molar-refractivity contribution in [1.29, 1.82) is 0 Å². The molecule has 214 valence electrons. The monoisotopic (exact) mass is 559 g/mol. The number of amides is 1. The predicted octanol–water partition coefficient (Wildman–Crippen LogP) is 2.19. The van der Waals surface area contributed by atoms with E-state index in [-0.39, 0.29) is 17.4 Å². The van der Waals surface area contributed by atoms with Gasteiger partial charge in [-0.3, -0.25) is 14.7 Å². The smallest absolute Gasteiger partial charge is 0.475 e. The summed E-state index contributed by atoms with van der Waals surface area (Å²) >= 11 is 0. The normalized spacial score (nSPS) is 23.7. The number of ether oxygens (including phenoxy) is 2. The molecule has 0 aliphatic carbocycles. The average molecular weight is 559 g/mol. The summed E-state index contributed by atoms with van der Waals surface area (Å²) in [5, 5.41) is 14.2. The zero-order chi connectivity index (χ0) is 28.6. The number of carbonyl (C=O) groups is 3. The number of fused-ring (bicyclic) bond motifs is 1. The van der Waals surface area contributed by atoms with E-state index in [2.05, 4.69) is 9.88 Å². The molecule has 1 aromatic heterocycles. The van der Waals surface area contributed by atoms with Crippen LogP contribution in [-0.4, -0.2) is 107 Å². The van der Waals surface area contributed by atoms with Crippen molar-refractivity contribution in [3.05, 3.63) is 30.1 Å². The van der Waals surface area contributed by atoms with Crippen LogP contribution in [0.1, 0.15) is 18.4 Å². The molecule has 3 fully saturated rings. The first-order valence-corrected chi connectivity index (χ1v) is 11.4. The minimum absolute atomic E-state index is 0.0709. The Kier molecular flexibility index (Phi) is 10.8. The number of halogens is 6. The Labute approximate surface area is 213 Å². The van der Waals surface area contributed by atoms with Crippen molar-refractivity contribution in [2.75, 3.05) is 46.0 Å². The third kappa shape index (κ3) is 8.80. The highest BCUT2D eigenvalue weighted by atomic mass is 19.4. The molecule has 1 aromatic rings.